The Bertz CT molecular complexity index is 821. The summed E-state index contributed by atoms with van der Waals surface area (Å²) in [5, 5.41) is 0. The van der Waals surface area contributed by atoms with E-state index in [9.17, 15) is 4.79 Å². The van der Waals surface area contributed by atoms with E-state index < -0.39 is 0 Å². The van der Waals surface area contributed by atoms with Gasteiger partial charge < -0.3 is 9.47 Å². The van der Waals surface area contributed by atoms with Crippen molar-refractivity contribution in [3.05, 3.63) is 30.1 Å². The molecule has 0 saturated carbocycles. The zero-order valence-corrected chi connectivity index (χ0v) is 17.5. The monoisotopic (exact) mass is 383 g/mol. The number of imidazole rings is 1. The summed E-state index contributed by atoms with van der Waals surface area (Å²) in [6.45, 7) is 10.9. The molecule has 28 heavy (non-hydrogen) atoms. The van der Waals surface area contributed by atoms with E-state index in [0.29, 0.717) is 11.9 Å². The molecule has 2 aliphatic rings. The molecule has 0 aliphatic carbocycles. The number of hydrogen-bond donors (Lipinski definition) is 0. The molecule has 0 N–H and O–H groups in total. The van der Waals surface area contributed by atoms with Gasteiger partial charge in [-0.25, -0.2) is 4.98 Å². The molecule has 2 aromatic rings. The smallest absolute Gasteiger partial charge is 0.227 e. The van der Waals surface area contributed by atoms with Crippen LogP contribution in [0.4, 0.5) is 0 Å². The molecule has 0 spiro atoms. The topological polar surface area (TPSA) is 44.6 Å². The molecule has 4 rings (SSSR count). The van der Waals surface area contributed by atoms with Gasteiger partial charge in [0.2, 0.25) is 5.91 Å². The predicted molar refractivity (Wildman–Crippen MR) is 112 cm³/mol. The Morgan fingerprint density at radius 2 is 1.89 bits per heavy atom. The van der Waals surface area contributed by atoms with Crippen molar-refractivity contribution in [2.45, 2.75) is 39.3 Å². The quantitative estimate of drug-likeness (QED) is 0.813. The van der Waals surface area contributed by atoms with Crippen LogP contribution in [0.15, 0.2) is 24.3 Å². The van der Waals surface area contributed by atoms with Gasteiger partial charge in [-0.2, -0.15) is 0 Å². The van der Waals surface area contributed by atoms with E-state index in [1.54, 1.807) is 0 Å². The molecule has 1 aromatic heterocycles. The molecule has 0 radical (unpaired) electrons. The number of aryl methyl sites for hydroxylation is 1. The number of hydrogen-bond acceptors (Lipinski definition) is 4. The first-order chi connectivity index (χ1) is 13.5. The van der Waals surface area contributed by atoms with E-state index in [1.807, 2.05) is 6.07 Å². The summed E-state index contributed by atoms with van der Waals surface area (Å²) < 4.78 is 2.19. The zero-order valence-electron chi connectivity index (χ0n) is 17.5. The molecule has 0 unspecified atom stereocenters. The molecule has 1 amide bonds. The van der Waals surface area contributed by atoms with Crippen LogP contribution in [-0.2, 0) is 18.4 Å². The molecule has 3 heterocycles. The first-order valence-electron chi connectivity index (χ1n) is 10.7. The maximum atomic E-state index is 13.1. The number of piperidine rings is 1. The number of benzene rings is 1. The number of likely N-dealkylation sites (tertiary alicyclic amines) is 1. The Balaban J connectivity index is 1.37. The van der Waals surface area contributed by atoms with Gasteiger partial charge in [-0.15, -0.1) is 0 Å². The lowest BCUT2D eigenvalue weighted by Gasteiger charge is -2.40. The van der Waals surface area contributed by atoms with E-state index in [1.165, 1.54) is 5.52 Å². The van der Waals surface area contributed by atoms with Gasteiger partial charge in [0, 0.05) is 45.8 Å². The molecule has 2 saturated heterocycles. The molecule has 152 valence electrons. The van der Waals surface area contributed by atoms with Crippen molar-refractivity contribution in [2.24, 2.45) is 13.0 Å². The van der Waals surface area contributed by atoms with Crippen molar-refractivity contribution < 1.29 is 4.79 Å². The van der Waals surface area contributed by atoms with Gasteiger partial charge in [-0.3, -0.25) is 14.6 Å². The van der Waals surface area contributed by atoms with Gasteiger partial charge in [0.05, 0.1) is 23.5 Å². The Kier molecular flexibility index (Phi) is 5.69. The second-order valence-corrected chi connectivity index (χ2v) is 8.61. The lowest BCUT2D eigenvalue weighted by molar-refractivity contribution is -0.139. The van der Waals surface area contributed by atoms with Crippen LogP contribution < -0.4 is 0 Å². The third kappa shape index (κ3) is 3.94. The van der Waals surface area contributed by atoms with Crippen molar-refractivity contribution in [3.8, 4) is 0 Å². The molecule has 2 fully saturated rings. The second-order valence-electron chi connectivity index (χ2n) is 8.61. The average molecular weight is 384 g/mol. The van der Waals surface area contributed by atoms with E-state index >= 15 is 0 Å². The van der Waals surface area contributed by atoms with Crippen molar-refractivity contribution in [2.75, 3.05) is 39.3 Å². The predicted octanol–water partition coefficient (Wildman–Crippen LogP) is 2.34. The van der Waals surface area contributed by atoms with Crippen LogP contribution >= 0.6 is 0 Å². The number of fused-ring (bicyclic) bond motifs is 1. The first kappa shape index (κ1) is 19.4. The fourth-order valence-electron chi connectivity index (χ4n) is 4.65. The summed E-state index contributed by atoms with van der Waals surface area (Å²) in [4.78, 5) is 24.9. The maximum absolute atomic E-state index is 13.1. The van der Waals surface area contributed by atoms with Gasteiger partial charge in [0.25, 0.3) is 0 Å². The third-order valence-electron chi connectivity index (χ3n) is 6.46. The van der Waals surface area contributed by atoms with Crippen molar-refractivity contribution >= 4 is 16.9 Å². The van der Waals surface area contributed by atoms with Gasteiger partial charge in [0.1, 0.15) is 5.82 Å². The van der Waals surface area contributed by atoms with E-state index in [-0.39, 0.29) is 5.92 Å². The minimum Gasteiger partial charge on any atom is -0.340 e. The molecular weight excluding hydrogens is 350 g/mol. The molecule has 6 nitrogen and oxygen atoms in total. The zero-order chi connectivity index (χ0) is 19.7. The van der Waals surface area contributed by atoms with Crippen LogP contribution in [0.1, 0.15) is 32.5 Å². The summed E-state index contributed by atoms with van der Waals surface area (Å²) >= 11 is 0. The normalized spacial score (nSPS) is 22.3. The number of nitrogens with zero attached hydrogens (tertiary/aromatic N) is 5. The van der Waals surface area contributed by atoms with Crippen molar-refractivity contribution in [3.63, 3.8) is 0 Å². The molecule has 6 heteroatoms. The second kappa shape index (κ2) is 8.21. The Morgan fingerprint density at radius 3 is 2.61 bits per heavy atom. The van der Waals surface area contributed by atoms with Crippen LogP contribution in [0.25, 0.3) is 11.0 Å². The number of aromatic nitrogens is 2. The average Bonchev–Trinajstić information content (AvgIpc) is 3.03. The Morgan fingerprint density at radius 1 is 1.14 bits per heavy atom. The van der Waals surface area contributed by atoms with Gasteiger partial charge in [-0.1, -0.05) is 12.1 Å². The van der Waals surface area contributed by atoms with E-state index in [0.717, 1.165) is 70.0 Å². The number of carbonyl (C=O) groups is 1. The third-order valence-corrected chi connectivity index (χ3v) is 6.46. The van der Waals surface area contributed by atoms with Crippen LogP contribution in [0, 0.1) is 5.92 Å². The lowest BCUT2D eigenvalue weighted by atomic mass is 9.96. The number of rotatable bonds is 4. The van der Waals surface area contributed by atoms with Crippen LogP contribution in [0.5, 0.6) is 0 Å². The summed E-state index contributed by atoms with van der Waals surface area (Å²) in [5.41, 5.74) is 2.22. The first-order valence-corrected chi connectivity index (χ1v) is 10.7. The summed E-state index contributed by atoms with van der Waals surface area (Å²) in [7, 11) is 2.09. The fraction of sp³-hybridized carbons (Fsp3) is 0.636. The standard InChI is InChI=1S/C22H33N5O/c1-17(2)26-11-13-27(14-12-26)22(28)18-7-6-10-25(15-18)16-21-23-19-8-4-5-9-20(19)24(21)3/h4-5,8-9,17-18H,6-7,10-16H2,1-3H3/t18-/m0/s1. The van der Waals surface area contributed by atoms with E-state index in [4.69, 9.17) is 4.98 Å². The summed E-state index contributed by atoms with van der Waals surface area (Å²) in [6, 6.07) is 8.84. The van der Waals surface area contributed by atoms with Crippen molar-refractivity contribution in [1.29, 1.82) is 0 Å². The maximum Gasteiger partial charge on any atom is 0.227 e. The van der Waals surface area contributed by atoms with Crippen molar-refractivity contribution in [1.82, 2.24) is 24.3 Å². The summed E-state index contributed by atoms with van der Waals surface area (Å²) in [6.07, 6.45) is 2.11. The number of amides is 1. The highest BCUT2D eigenvalue weighted by Crippen LogP contribution is 2.23. The van der Waals surface area contributed by atoms with Crippen LogP contribution in [0.2, 0.25) is 0 Å². The number of para-hydroxylation sites is 2. The Labute approximate surface area is 168 Å². The highest BCUT2D eigenvalue weighted by molar-refractivity contribution is 5.79. The van der Waals surface area contributed by atoms with Crippen LogP contribution in [0.3, 0.4) is 0 Å². The SMILES string of the molecule is CC(C)N1CCN(C(=O)[C@H]2CCCN(Cc3nc4ccccc4n3C)C2)CC1. The van der Waals surface area contributed by atoms with E-state index in [2.05, 4.69) is 58.4 Å². The highest BCUT2D eigenvalue weighted by Gasteiger charge is 2.31. The van der Waals surface area contributed by atoms with Gasteiger partial charge in [-0.05, 0) is 45.4 Å². The molecular formula is C22H33N5O. The summed E-state index contributed by atoms with van der Waals surface area (Å²) in [5.74, 6) is 1.58. The van der Waals surface area contributed by atoms with Gasteiger partial charge in [0.15, 0.2) is 0 Å². The largest absolute Gasteiger partial charge is 0.340 e. The minimum atomic E-state index is 0.133. The van der Waals surface area contributed by atoms with Gasteiger partial charge >= 0.3 is 0 Å². The lowest BCUT2D eigenvalue weighted by Crippen LogP contribution is -2.53. The number of carbonyl (C=O) groups excluding carboxylic acids is 1. The highest BCUT2D eigenvalue weighted by atomic mass is 16.2. The molecule has 0 bridgehead atoms. The molecule has 2 aliphatic heterocycles. The molecule has 1 aromatic carbocycles. The minimum absolute atomic E-state index is 0.133. The van der Waals surface area contributed by atoms with Crippen LogP contribution in [-0.4, -0.2) is 75.5 Å². The fourth-order valence-corrected chi connectivity index (χ4v) is 4.65. The molecule has 1 atom stereocenters. The Hall–Kier alpha value is -1.92. The number of piperazine rings is 1.